The lowest BCUT2D eigenvalue weighted by atomic mass is 10.1. The molecule has 17 heavy (non-hydrogen) atoms. The third-order valence-electron chi connectivity index (χ3n) is 3.18. The topological polar surface area (TPSA) is 88.2 Å². The zero-order chi connectivity index (χ0) is 12.4. The van der Waals surface area contributed by atoms with E-state index in [2.05, 4.69) is 17.2 Å². The van der Waals surface area contributed by atoms with Crippen molar-refractivity contribution in [3.63, 3.8) is 0 Å². The second-order valence-electron chi connectivity index (χ2n) is 4.70. The average Bonchev–Trinajstić information content (AvgIpc) is 2.67. The molecule has 4 N–H and O–H groups in total. The molecule has 1 aromatic heterocycles. The fraction of sp³-hybridized carbons (Fsp3) is 0.500. The first kappa shape index (κ1) is 11.7. The third kappa shape index (κ3) is 2.67. The number of nitrogens with one attached hydrogen (secondary N) is 1. The van der Waals surface area contributed by atoms with E-state index in [9.17, 15) is 4.79 Å². The summed E-state index contributed by atoms with van der Waals surface area (Å²) in [5.74, 6) is 0.160. The van der Waals surface area contributed by atoms with Gasteiger partial charge in [-0.2, -0.15) is 0 Å². The van der Waals surface area contributed by atoms with E-state index in [-0.39, 0.29) is 5.69 Å². The second-order valence-corrected chi connectivity index (χ2v) is 4.70. The molecule has 1 fully saturated rings. The van der Waals surface area contributed by atoms with Gasteiger partial charge >= 0.3 is 5.97 Å². The zero-order valence-corrected chi connectivity index (χ0v) is 9.81. The molecule has 1 aromatic rings. The summed E-state index contributed by atoms with van der Waals surface area (Å²) in [6, 6.07) is 3.35. The minimum absolute atomic E-state index is 0.0211. The highest BCUT2D eigenvalue weighted by atomic mass is 16.4. The molecule has 2 rings (SSSR count). The van der Waals surface area contributed by atoms with E-state index in [1.165, 1.54) is 12.5 Å². The minimum atomic E-state index is -1.03. The first-order valence-corrected chi connectivity index (χ1v) is 5.82. The van der Waals surface area contributed by atoms with Gasteiger partial charge in [-0.3, -0.25) is 0 Å². The Labute approximate surface area is 100 Å². The predicted octanol–water partition coefficient (Wildman–Crippen LogP) is 1.96. The van der Waals surface area contributed by atoms with Crippen LogP contribution in [0.15, 0.2) is 12.1 Å². The van der Waals surface area contributed by atoms with Crippen LogP contribution in [0.5, 0.6) is 0 Å². The van der Waals surface area contributed by atoms with Crippen LogP contribution in [0.4, 0.5) is 11.5 Å². The Morgan fingerprint density at radius 1 is 1.53 bits per heavy atom. The number of aromatic carboxylic acids is 1. The summed E-state index contributed by atoms with van der Waals surface area (Å²) < 4.78 is 0. The summed E-state index contributed by atoms with van der Waals surface area (Å²) in [7, 11) is 0. The number of aromatic nitrogens is 1. The molecule has 0 amide bonds. The second kappa shape index (κ2) is 4.61. The van der Waals surface area contributed by atoms with E-state index in [0.29, 0.717) is 23.5 Å². The van der Waals surface area contributed by atoms with Crippen molar-refractivity contribution in [2.45, 2.75) is 32.2 Å². The van der Waals surface area contributed by atoms with E-state index in [4.69, 9.17) is 10.8 Å². The van der Waals surface area contributed by atoms with Gasteiger partial charge in [0.1, 0.15) is 5.82 Å². The van der Waals surface area contributed by atoms with E-state index in [1.807, 2.05) is 0 Å². The number of nitrogens with two attached hydrogens (primary N) is 1. The van der Waals surface area contributed by atoms with Gasteiger partial charge in [-0.1, -0.05) is 6.92 Å². The fourth-order valence-electron chi connectivity index (χ4n) is 2.24. The number of pyridine rings is 1. The quantitative estimate of drug-likeness (QED) is 0.745. The molecule has 1 saturated carbocycles. The van der Waals surface area contributed by atoms with Gasteiger partial charge in [0.2, 0.25) is 0 Å². The molecule has 1 aliphatic rings. The Morgan fingerprint density at radius 3 is 2.88 bits per heavy atom. The number of nitrogen functional groups attached to an aromatic ring is 1. The molecular weight excluding hydrogens is 218 g/mol. The Balaban J connectivity index is 2.14. The number of nitrogens with zero attached hydrogens (tertiary/aromatic N) is 1. The zero-order valence-electron chi connectivity index (χ0n) is 9.81. The maximum Gasteiger partial charge on any atom is 0.354 e. The van der Waals surface area contributed by atoms with Crippen molar-refractivity contribution >= 4 is 17.5 Å². The lowest BCUT2D eigenvalue weighted by molar-refractivity contribution is 0.0690. The van der Waals surface area contributed by atoms with E-state index >= 15 is 0 Å². The van der Waals surface area contributed by atoms with Crippen molar-refractivity contribution in [2.24, 2.45) is 5.92 Å². The predicted molar refractivity (Wildman–Crippen MR) is 66.0 cm³/mol. The van der Waals surface area contributed by atoms with Gasteiger partial charge < -0.3 is 16.2 Å². The monoisotopic (exact) mass is 235 g/mol. The van der Waals surface area contributed by atoms with Crippen molar-refractivity contribution in [3.05, 3.63) is 17.8 Å². The first-order chi connectivity index (χ1) is 8.06. The van der Waals surface area contributed by atoms with Crippen LogP contribution in [0.25, 0.3) is 0 Å². The van der Waals surface area contributed by atoms with Crippen LogP contribution >= 0.6 is 0 Å². The number of hydrogen-bond acceptors (Lipinski definition) is 4. The third-order valence-corrected chi connectivity index (χ3v) is 3.18. The number of hydrogen-bond donors (Lipinski definition) is 3. The van der Waals surface area contributed by atoms with Gasteiger partial charge in [-0.05, 0) is 37.3 Å². The summed E-state index contributed by atoms with van der Waals surface area (Å²) in [5.41, 5.74) is 6.30. The first-order valence-electron chi connectivity index (χ1n) is 5.82. The summed E-state index contributed by atoms with van der Waals surface area (Å²) >= 11 is 0. The maximum absolute atomic E-state index is 10.8. The number of carbonyl (C=O) groups is 1. The van der Waals surface area contributed by atoms with Gasteiger partial charge in [0.15, 0.2) is 5.69 Å². The average molecular weight is 235 g/mol. The molecule has 92 valence electrons. The molecule has 0 aromatic carbocycles. The Bertz CT molecular complexity index is 434. The standard InChI is InChI=1S/C12H17N3O2/c1-7-2-3-8(6-7)14-11-9(13)4-5-10(15-11)12(16)17/h4-5,7-8H,2-3,6,13H2,1H3,(H,14,15)(H,16,17). The van der Waals surface area contributed by atoms with Crippen LogP contribution in [0.1, 0.15) is 36.7 Å². The number of carboxylic acids is 1. The Morgan fingerprint density at radius 2 is 2.29 bits per heavy atom. The van der Waals surface area contributed by atoms with Gasteiger partial charge in [-0.15, -0.1) is 0 Å². The lowest BCUT2D eigenvalue weighted by Crippen LogP contribution is -2.18. The lowest BCUT2D eigenvalue weighted by Gasteiger charge is -2.15. The Hall–Kier alpha value is -1.78. The number of carboxylic acid groups (broad SMARTS) is 1. The summed E-state index contributed by atoms with van der Waals surface area (Å²) in [5, 5.41) is 12.1. The number of rotatable bonds is 3. The molecule has 5 heteroatoms. The molecule has 1 heterocycles. The smallest absolute Gasteiger partial charge is 0.354 e. The largest absolute Gasteiger partial charge is 0.477 e. The minimum Gasteiger partial charge on any atom is -0.477 e. The van der Waals surface area contributed by atoms with Crippen LogP contribution < -0.4 is 11.1 Å². The van der Waals surface area contributed by atoms with Crippen LogP contribution in [-0.2, 0) is 0 Å². The molecule has 0 aliphatic heterocycles. The summed E-state index contributed by atoms with van der Waals surface area (Å²) in [4.78, 5) is 14.8. The summed E-state index contributed by atoms with van der Waals surface area (Å²) in [6.07, 6.45) is 3.36. The van der Waals surface area contributed by atoms with Gasteiger partial charge in [0.25, 0.3) is 0 Å². The molecule has 2 atom stereocenters. The van der Waals surface area contributed by atoms with E-state index in [1.54, 1.807) is 6.07 Å². The van der Waals surface area contributed by atoms with Crippen molar-refractivity contribution in [1.29, 1.82) is 0 Å². The van der Waals surface area contributed by atoms with Crippen molar-refractivity contribution < 1.29 is 9.90 Å². The molecule has 0 radical (unpaired) electrons. The van der Waals surface area contributed by atoms with Gasteiger partial charge in [0.05, 0.1) is 5.69 Å². The SMILES string of the molecule is CC1CCC(Nc2nc(C(=O)O)ccc2N)C1. The molecule has 0 bridgehead atoms. The van der Waals surface area contributed by atoms with Gasteiger partial charge in [0, 0.05) is 6.04 Å². The molecule has 0 spiro atoms. The van der Waals surface area contributed by atoms with Crippen LogP contribution in [0.2, 0.25) is 0 Å². The molecule has 2 unspecified atom stereocenters. The Kier molecular flexibility index (Phi) is 3.17. The van der Waals surface area contributed by atoms with Gasteiger partial charge in [-0.25, -0.2) is 9.78 Å². The fourth-order valence-corrected chi connectivity index (χ4v) is 2.24. The van der Waals surface area contributed by atoms with E-state index < -0.39 is 5.97 Å². The normalized spacial score (nSPS) is 23.6. The van der Waals surface area contributed by atoms with Crippen LogP contribution in [0.3, 0.4) is 0 Å². The molecule has 0 saturated heterocycles. The van der Waals surface area contributed by atoms with Crippen molar-refractivity contribution in [2.75, 3.05) is 11.1 Å². The van der Waals surface area contributed by atoms with Crippen molar-refractivity contribution in [3.8, 4) is 0 Å². The van der Waals surface area contributed by atoms with Crippen LogP contribution in [-0.4, -0.2) is 22.1 Å². The molecular formula is C12H17N3O2. The highest BCUT2D eigenvalue weighted by molar-refractivity contribution is 5.86. The summed E-state index contributed by atoms with van der Waals surface area (Å²) in [6.45, 7) is 2.21. The van der Waals surface area contributed by atoms with Crippen molar-refractivity contribution in [1.82, 2.24) is 4.98 Å². The maximum atomic E-state index is 10.8. The van der Waals surface area contributed by atoms with E-state index in [0.717, 1.165) is 12.8 Å². The molecule has 1 aliphatic carbocycles. The highest BCUT2D eigenvalue weighted by Gasteiger charge is 2.22. The molecule has 5 nitrogen and oxygen atoms in total. The highest BCUT2D eigenvalue weighted by Crippen LogP contribution is 2.28. The number of anilines is 2. The van der Waals surface area contributed by atoms with Crippen LogP contribution in [0, 0.1) is 5.92 Å².